The minimum Gasteiger partial charge on any atom is -0.491 e. The summed E-state index contributed by atoms with van der Waals surface area (Å²) in [6.07, 6.45) is 1.21. The molecule has 0 spiro atoms. The largest absolute Gasteiger partial charge is 0.491 e. The summed E-state index contributed by atoms with van der Waals surface area (Å²) in [4.78, 5) is 12.6. The van der Waals surface area contributed by atoms with Crippen LogP contribution in [0.3, 0.4) is 0 Å². The van der Waals surface area contributed by atoms with Crippen molar-refractivity contribution in [3.05, 3.63) is 94.5 Å². The number of aryl methyl sites for hydroxylation is 3. The first-order valence-corrected chi connectivity index (χ1v) is 13.0. The van der Waals surface area contributed by atoms with Gasteiger partial charge in [0, 0.05) is 5.56 Å². The smallest absolute Gasteiger partial charge is 0.251 e. The topological polar surface area (TPSA) is 75.7 Å². The highest BCUT2D eigenvalue weighted by Gasteiger charge is 2.21. The Morgan fingerprint density at radius 3 is 2.09 bits per heavy atom. The molecule has 34 heavy (non-hydrogen) atoms. The molecule has 1 N–H and O–H groups in total. The molecule has 3 aromatic carbocycles. The lowest BCUT2D eigenvalue weighted by atomic mass is 10.1. The normalized spacial score (nSPS) is 12.1. The number of ether oxygens (including phenoxy) is 1. The fourth-order valence-corrected chi connectivity index (χ4v) is 4.70. The lowest BCUT2D eigenvalue weighted by Gasteiger charge is -2.26. The second-order valence-corrected chi connectivity index (χ2v) is 10.6. The second kappa shape index (κ2) is 10.7. The third kappa shape index (κ3) is 6.60. The maximum Gasteiger partial charge on any atom is 0.251 e. The molecule has 7 heteroatoms. The molecule has 3 aromatic rings. The van der Waals surface area contributed by atoms with Crippen molar-refractivity contribution >= 4 is 21.6 Å². The average Bonchev–Trinajstić information content (AvgIpc) is 2.77. The minimum absolute atomic E-state index is 0.182. The van der Waals surface area contributed by atoms with Crippen LogP contribution in [-0.2, 0) is 16.6 Å². The van der Waals surface area contributed by atoms with Gasteiger partial charge in [-0.25, -0.2) is 8.42 Å². The van der Waals surface area contributed by atoms with Crippen molar-refractivity contribution in [2.24, 2.45) is 0 Å². The van der Waals surface area contributed by atoms with Gasteiger partial charge in [-0.3, -0.25) is 9.10 Å². The van der Waals surface area contributed by atoms with Gasteiger partial charge >= 0.3 is 0 Å². The third-order valence-electron chi connectivity index (χ3n) is 5.53. The Bertz CT molecular complexity index is 1220. The van der Waals surface area contributed by atoms with Gasteiger partial charge in [-0.2, -0.15) is 0 Å². The summed E-state index contributed by atoms with van der Waals surface area (Å²) in [6, 6.07) is 20.3. The molecular weight excluding hydrogens is 448 g/mol. The van der Waals surface area contributed by atoms with E-state index in [1.807, 2.05) is 70.2 Å². The molecular formula is C27H32N2O4S. The fourth-order valence-electron chi connectivity index (χ4n) is 3.69. The van der Waals surface area contributed by atoms with Gasteiger partial charge in [-0.15, -0.1) is 0 Å². The van der Waals surface area contributed by atoms with Crippen LogP contribution in [0.2, 0.25) is 0 Å². The van der Waals surface area contributed by atoms with E-state index in [1.165, 1.54) is 10.6 Å². The number of rotatable bonds is 9. The lowest BCUT2D eigenvalue weighted by Crippen LogP contribution is -2.36. The Morgan fingerprint density at radius 1 is 0.941 bits per heavy atom. The van der Waals surface area contributed by atoms with Gasteiger partial charge in [-0.1, -0.05) is 48.0 Å². The third-order valence-corrected chi connectivity index (χ3v) is 6.64. The molecule has 180 valence electrons. The van der Waals surface area contributed by atoms with E-state index in [0.29, 0.717) is 17.9 Å². The van der Waals surface area contributed by atoms with Gasteiger partial charge in [0.2, 0.25) is 10.0 Å². The zero-order valence-electron chi connectivity index (χ0n) is 20.3. The first-order valence-electron chi connectivity index (χ1n) is 11.2. The zero-order valence-corrected chi connectivity index (χ0v) is 21.1. The van der Waals surface area contributed by atoms with Crippen molar-refractivity contribution in [2.45, 2.75) is 40.3 Å². The Hall–Kier alpha value is -3.32. The van der Waals surface area contributed by atoms with Crippen LogP contribution in [0.4, 0.5) is 5.69 Å². The molecule has 6 nitrogen and oxygen atoms in total. The molecule has 0 aliphatic rings. The highest BCUT2D eigenvalue weighted by molar-refractivity contribution is 7.92. The van der Waals surface area contributed by atoms with Crippen molar-refractivity contribution in [2.75, 3.05) is 17.2 Å². The standard InChI is InChI=1S/C27H32N2O4S/c1-19-9-15-25(16-10-19)33-18-22(4)28-27(30)24-13-11-23(12-14-24)17-29(34(5,31)32)26-20(2)7-6-8-21(26)3/h6-16,22H,17-18H2,1-5H3,(H,28,30)/t22-/m1/s1. The Kier molecular flexibility index (Phi) is 7.99. The van der Waals surface area contributed by atoms with E-state index < -0.39 is 10.0 Å². The zero-order chi connectivity index (χ0) is 24.9. The van der Waals surface area contributed by atoms with Crippen LogP contribution < -0.4 is 14.4 Å². The van der Waals surface area contributed by atoms with Crippen LogP contribution in [0, 0.1) is 20.8 Å². The number of nitrogens with zero attached hydrogens (tertiary/aromatic N) is 1. The van der Waals surface area contributed by atoms with E-state index in [2.05, 4.69) is 5.32 Å². The number of amides is 1. The van der Waals surface area contributed by atoms with E-state index in [-0.39, 0.29) is 18.5 Å². The Morgan fingerprint density at radius 2 is 1.53 bits per heavy atom. The average molecular weight is 481 g/mol. The molecule has 0 aromatic heterocycles. The molecule has 0 fully saturated rings. The summed E-state index contributed by atoms with van der Waals surface area (Å²) in [5.41, 5.74) is 4.93. The molecule has 0 aliphatic carbocycles. The maximum atomic E-state index is 12.6. The number of nitrogens with one attached hydrogen (secondary N) is 1. The van der Waals surface area contributed by atoms with Gasteiger partial charge in [0.25, 0.3) is 5.91 Å². The van der Waals surface area contributed by atoms with Crippen molar-refractivity contribution in [1.29, 1.82) is 0 Å². The number of benzene rings is 3. The molecule has 1 amide bonds. The lowest BCUT2D eigenvalue weighted by molar-refractivity contribution is 0.0926. The quantitative estimate of drug-likeness (QED) is 0.478. The Balaban J connectivity index is 1.65. The van der Waals surface area contributed by atoms with Gasteiger partial charge in [0.1, 0.15) is 12.4 Å². The molecule has 0 heterocycles. The summed E-state index contributed by atoms with van der Waals surface area (Å²) in [6.45, 7) is 8.24. The SMILES string of the molecule is Cc1ccc(OC[C@@H](C)NC(=O)c2ccc(CN(c3c(C)cccc3C)S(C)(=O)=O)cc2)cc1. The predicted molar refractivity (Wildman–Crippen MR) is 137 cm³/mol. The number of para-hydroxylation sites is 1. The number of carbonyl (C=O) groups is 1. The summed E-state index contributed by atoms with van der Waals surface area (Å²) >= 11 is 0. The molecule has 0 saturated carbocycles. The summed E-state index contributed by atoms with van der Waals surface area (Å²) in [5.74, 6) is 0.552. The highest BCUT2D eigenvalue weighted by atomic mass is 32.2. The van der Waals surface area contributed by atoms with Crippen LogP contribution >= 0.6 is 0 Å². The van der Waals surface area contributed by atoms with Gasteiger partial charge < -0.3 is 10.1 Å². The Labute approximate surface area is 202 Å². The van der Waals surface area contributed by atoms with Crippen molar-refractivity contribution in [3.63, 3.8) is 0 Å². The summed E-state index contributed by atoms with van der Waals surface area (Å²) in [5, 5.41) is 2.93. The van der Waals surface area contributed by atoms with Crippen LogP contribution in [0.15, 0.2) is 66.7 Å². The van der Waals surface area contributed by atoms with Crippen molar-refractivity contribution in [3.8, 4) is 5.75 Å². The van der Waals surface area contributed by atoms with E-state index >= 15 is 0 Å². The molecule has 0 aliphatic heterocycles. The van der Waals surface area contributed by atoms with Crippen LogP contribution in [0.5, 0.6) is 5.75 Å². The monoisotopic (exact) mass is 480 g/mol. The van der Waals surface area contributed by atoms with E-state index in [9.17, 15) is 13.2 Å². The van der Waals surface area contributed by atoms with Crippen molar-refractivity contribution < 1.29 is 17.9 Å². The molecule has 0 radical (unpaired) electrons. The van der Waals surface area contributed by atoms with Gasteiger partial charge in [0.05, 0.1) is 24.5 Å². The minimum atomic E-state index is -3.50. The number of sulfonamides is 1. The highest BCUT2D eigenvalue weighted by Crippen LogP contribution is 2.28. The van der Waals surface area contributed by atoms with Gasteiger partial charge in [0.15, 0.2) is 0 Å². The molecule has 0 saturated heterocycles. The first-order chi connectivity index (χ1) is 16.0. The molecule has 0 bridgehead atoms. The number of carbonyl (C=O) groups excluding carboxylic acids is 1. The van der Waals surface area contributed by atoms with Crippen LogP contribution in [-0.4, -0.2) is 33.2 Å². The van der Waals surface area contributed by atoms with E-state index in [4.69, 9.17) is 4.74 Å². The van der Waals surface area contributed by atoms with E-state index in [0.717, 1.165) is 28.0 Å². The van der Waals surface area contributed by atoms with Crippen LogP contribution in [0.25, 0.3) is 0 Å². The molecule has 3 rings (SSSR count). The van der Waals surface area contributed by atoms with Crippen molar-refractivity contribution in [1.82, 2.24) is 5.32 Å². The number of hydrogen-bond acceptors (Lipinski definition) is 4. The number of hydrogen-bond donors (Lipinski definition) is 1. The maximum absolute atomic E-state index is 12.6. The summed E-state index contributed by atoms with van der Waals surface area (Å²) in [7, 11) is -3.50. The molecule has 0 unspecified atom stereocenters. The van der Waals surface area contributed by atoms with Gasteiger partial charge in [-0.05, 0) is 68.7 Å². The molecule has 1 atom stereocenters. The van der Waals surface area contributed by atoms with Crippen LogP contribution in [0.1, 0.15) is 39.5 Å². The van der Waals surface area contributed by atoms with E-state index in [1.54, 1.807) is 24.3 Å². The predicted octanol–water partition coefficient (Wildman–Crippen LogP) is 4.78. The second-order valence-electron chi connectivity index (χ2n) is 8.71. The summed E-state index contributed by atoms with van der Waals surface area (Å²) < 4.78 is 32.3. The first kappa shape index (κ1) is 25.3. The fraction of sp³-hybridized carbons (Fsp3) is 0.296. The number of anilines is 1.